The van der Waals surface area contributed by atoms with Crippen molar-refractivity contribution < 1.29 is 36.6 Å². The Kier molecular flexibility index (Phi) is 12.5. The third-order valence-corrected chi connectivity index (χ3v) is 7.93. The van der Waals surface area contributed by atoms with E-state index in [4.69, 9.17) is 9.84 Å². The number of anilines is 2. The fourth-order valence-electron chi connectivity index (χ4n) is 5.21. The Labute approximate surface area is 267 Å². The standard InChI is InChI=1S/C31H36F2N4O6S.ClH/c1-3-4-5-23-18-22(34-31(40)35-27-15-14-26(32)28(29(27)33)30(38)39)16-17-37(23)19-20-6-10-24(11-7-20)43-25-12-8-21(9-13-25)36-44(2,41)42;/h6-15,22-23,36H,3-5,16-19H2,1-2H3,(H,38,39)(H2,34,35,40);1H. The predicted octanol–water partition coefficient (Wildman–Crippen LogP) is 6.59. The smallest absolute Gasteiger partial charge is 0.341 e. The minimum Gasteiger partial charge on any atom is -0.477 e. The minimum absolute atomic E-state index is 0. The molecule has 1 heterocycles. The van der Waals surface area contributed by atoms with E-state index in [2.05, 4.69) is 27.2 Å². The summed E-state index contributed by atoms with van der Waals surface area (Å²) in [5.74, 6) is -3.10. The summed E-state index contributed by atoms with van der Waals surface area (Å²) in [7, 11) is -3.36. The van der Waals surface area contributed by atoms with Gasteiger partial charge in [0.2, 0.25) is 10.0 Å². The molecule has 2 atom stereocenters. The first-order chi connectivity index (χ1) is 20.9. The van der Waals surface area contributed by atoms with Gasteiger partial charge in [0.1, 0.15) is 22.9 Å². The van der Waals surface area contributed by atoms with Gasteiger partial charge in [0.05, 0.1) is 11.9 Å². The Morgan fingerprint density at radius 2 is 1.67 bits per heavy atom. The zero-order valence-corrected chi connectivity index (χ0v) is 26.5. The number of carboxylic acid groups (broad SMARTS) is 1. The number of nitrogens with zero attached hydrogens (tertiary/aromatic N) is 1. The molecule has 244 valence electrons. The van der Waals surface area contributed by atoms with Crippen molar-refractivity contribution in [3.05, 3.63) is 83.4 Å². The highest BCUT2D eigenvalue weighted by Gasteiger charge is 2.29. The van der Waals surface area contributed by atoms with Crippen LogP contribution < -0.4 is 20.1 Å². The number of carboxylic acids is 1. The van der Waals surface area contributed by atoms with Gasteiger partial charge in [-0.15, -0.1) is 12.4 Å². The van der Waals surface area contributed by atoms with Crippen LogP contribution in [0.5, 0.6) is 11.5 Å². The van der Waals surface area contributed by atoms with Gasteiger partial charge in [-0.1, -0.05) is 31.9 Å². The van der Waals surface area contributed by atoms with Crippen molar-refractivity contribution in [2.24, 2.45) is 0 Å². The molecule has 1 aliphatic rings. The molecule has 0 bridgehead atoms. The van der Waals surface area contributed by atoms with E-state index in [1.807, 2.05) is 24.3 Å². The lowest BCUT2D eigenvalue weighted by molar-refractivity contribution is 0.0686. The maximum absolute atomic E-state index is 14.5. The lowest BCUT2D eigenvalue weighted by atomic mass is 9.93. The molecular formula is C31H37ClF2N4O6S. The van der Waals surface area contributed by atoms with Crippen LogP contribution in [0.15, 0.2) is 60.7 Å². The second-order valence-corrected chi connectivity index (χ2v) is 12.6. The molecule has 10 nitrogen and oxygen atoms in total. The molecule has 4 N–H and O–H groups in total. The summed E-state index contributed by atoms with van der Waals surface area (Å²) < 4.78 is 59.3. The maximum Gasteiger partial charge on any atom is 0.341 e. The van der Waals surface area contributed by atoms with Crippen molar-refractivity contribution in [2.75, 3.05) is 22.8 Å². The third kappa shape index (κ3) is 10.3. The molecule has 0 spiro atoms. The van der Waals surface area contributed by atoms with E-state index in [0.717, 1.165) is 49.8 Å². The first-order valence-electron chi connectivity index (χ1n) is 14.3. The zero-order chi connectivity index (χ0) is 31.9. The quantitative estimate of drug-likeness (QED) is 0.171. The van der Waals surface area contributed by atoms with Crippen LogP contribution in [0.2, 0.25) is 0 Å². The number of piperidine rings is 1. The van der Waals surface area contributed by atoms with Crippen LogP contribution in [0.25, 0.3) is 0 Å². The topological polar surface area (TPSA) is 137 Å². The SMILES string of the molecule is CCCCC1CC(NC(=O)Nc2ccc(F)c(C(=O)O)c2F)CCN1Cc1ccc(Oc2ccc(NS(C)(=O)=O)cc2)cc1.Cl. The molecule has 0 saturated carbocycles. The van der Waals surface area contributed by atoms with Crippen LogP contribution in [-0.4, -0.2) is 55.3 Å². The van der Waals surface area contributed by atoms with Crippen molar-refractivity contribution in [1.29, 1.82) is 0 Å². The molecule has 2 amide bonds. The summed E-state index contributed by atoms with van der Waals surface area (Å²) in [6.45, 7) is 3.55. The van der Waals surface area contributed by atoms with Crippen LogP contribution in [0.1, 0.15) is 54.9 Å². The summed E-state index contributed by atoms with van der Waals surface area (Å²) in [5.41, 5.74) is 0.0170. The Morgan fingerprint density at radius 1 is 1.02 bits per heavy atom. The van der Waals surface area contributed by atoms with Gasteiger partial charge < -0.3 is 20.5 Å². The lowest BCUT2D eigenvalue weighted by Crippen LogP contribution is -2.50. The molecule has 3 aromatic carbocycles. The largest absolute Gasteiger partial charge is 0.477 e. The van der Waals surface area contributed by atoms with Gasteiger partial charge >= 0.3 is 12.0 Å². The van der Waals surface area contributed by atoms with Crippen LogP contribution in [0.4, 0.5) is 25.0 Å². The van der Waals surface area contributed by atoms with Crippen LogP contribution in [0.3, 0.4) is 0 Å². The number of urea groups is 1. The molecule has 0 aliphatic carbocycles. The number of aromatic carboxylic acids is 1. The van der Waals surface area contributed by atoms with Gasteiger partial charge in [-0.05, 0) is 73.4 Å². The average molecular weight is 667 g/mol. The number of nitrogens with one attached hydrogen (secondary N) is 3. The summed E-state index contributed by atoms with van der Waals surface area (Å²) in [6, 6.07) is 15.5. The first kappa shape index (κ1) is 35.5. The molecule has 0 radical (unpaired) electrons. The van der Waals surface area contributed by atoms with Crippen molar-refractivity contribution in [2.45, 2.75) is 57.7 Å². The molecule has 3 aromatic rings. The van der Waals surface area contributed by atoms with E-state index in [1.54, 1.807) is 24.3 Å². The number of likely N-dealkylation sites (tertiary alicyclic amines) is 1. The van der Waals surface area contributed by atoms with Crippen LogP contribution >= 0.6 is 12.4 Å². The minimum atomic E-state index is -3.36. The lowest BCUT2D eigenvalue weighted by Gasteiger charge is -2.40. The summed E-state index contributed by atoms with van der Waals surface area (Å²) in [5, 5.41) is 14.2. The Bertz CT molecular complexity index is 1580. The highest BCUT2D eigenvalue weighted by Crippen LogP contribution is 2.27. The number of unbranched alkanes of at least 4 members (excludes halogenated alkanes) is 1. The molecule has 1 fully saturated rings. The normalized spacial score (nSPS) is 16.7. The molecule has 1 saturated heterocycles. The second kappa shape index (κ2) is 15.9. The summed E-state index contributed by atoms with van der Waals surface area (Å²) >= 11 is 0. The number of hydrogen-bond donors (Lipinski definition) is 4. The Balaban J connectivity index is 0.00000552. The fraction of sp³-hybridized carbons (Fsp3) is 0.355. The number of rotatable bonds is 12. The Hall–Kier alpha value is -3.94. The van der Waals surface area contributed by atoms with Gasteiger partial charge in [-0.2, -0.15) is 0 Å². The van der Waals surface area contributed by atoms with Gasteiger partial charge in [-0.3, -0.25) is 9.62 Å². The number of carbonyl (C=O) groups excluding carboxylic acids is 1. The highest BCUT2D eigenvalue weighted by molar-refractivity contribution is 7.92. The van der Waals surface area contributed by atoms with E-state index >= 15 is 0 Å². The number of amides is 2. The fourth-order valence-corrected chi connectivity index (χ4v) is 5.77. The highest BCUT2D eigenvalue weighted by atomic mass is 35.5. The van der Waals surface area contributed by atoms with Gasteiger partial charge in [0.15, 0.2) is 5.82 Å². The average Bonchev–Trinajstić information content (AvgIpc) is 2.95. The molecule has 45 heavy (non-hydrogen) atoms. The predicted molar refractivity (Wildman–Crippen MR) is 171 cm³/mol. The molecule has 14 heteroatoms. The molecule has 2 unspecified atom stereocenters. The third-order valence-electron chi connectivity index (χ3n) is 7.32. The summed E-state index contributed by atoms with van der Waals surface area (Å²) in [4.78, 5) is 26.2. The van der Waals surface area contributed by atoms with Gasteiger partial charge in [0, 0.05) is 30.9 Å². The van der Waals surface area contributed by atoms with Crippen LogP contribution in [-0.2, 0) is 16.6 Å². The van der Waals surface area contributed by atoms with E-state index in [-0.39, 0.29) is 24.5 Å². The molecule has 0 aromatic heterocycles. The van der Waals surface area contributed by atoms with E-state index in [1.165, 1.54) is 0 Å². The van der Waals surface area contributed by atoms with Crippen molar-refractivity contribution in [1.82, 2.24) is 10.2 Å². The zero-order valence-electron chi connectivity index (χ0n) is 24.9. The van der Waals surface area contributed by atoms with E-state index in [0.29, 0.717) is 36.6 Å². The number of ether oxygens (including phenoxy) is 1. The molecular weight excluding hydrogens is 630 g/mol. The van der Waals surface area contributed by atoms with Crippen molar-refractivity contribution in [3.8, 4) is 11.5 Å². The number of sulfonamides is 1. The monoisotopic (exact) mass is 666 g/mol. The number of carbonyl (C=O) groups is 2. The van der Waals surface area contributed by atoms with Crippen molar-refractivity contribution in [3.63, 3.8) is 0 Å². The first-order valence-corrected chi connectivity index (χ1v) is 16.2. The van der Waals surface area contributed by atoms with E-state index in [9.17, 15) is 26.8 Å². The van der Waals surface area contributed by atoms with E-state index < -0.39 is 44.9 Å². The maximum atomic E-state index is 14.5. The second-order valence-electron chi connectivity index (χ2n) is 10.8. The summed E-state index contributed by atoms with van der Waals surface area (Å²) in [6.07, 6.45) is 5.42. The van der Waals surface area contributed by atoms with Crippen LogP contribution in [0, 0.1) is 11.6 Å². The number of hydrogen-bond acceptors (Lipinski definition) is 6. The number of halogens is 3. The van der Waals surface area contributed by atoms with Crippen molar-refractivity contribution >= 4 is 45.8 Å². The molecule has 4 rings (SSSR count). The molecule has 1 aliphatic heterocycles. The van der Waals surface area contributed by atoms with Gasteiger partial charge in [-0.25, -0.2) is 26.8 Å². The number of benzene rings is 3. The van der Waals surface area contributed by atoms with Gasteiger partial charge in [0.25, 0.3) is 0 Å². The Morgan fingerprint density at radius 3 is 2.27 bits per heavy atom.